The summed E-state index contributed by atoms with van der Waals surface area (Å²) in [5.41, 5.74) is 1.01. The molecule has 0 aliphatic heterocycles. The Morgan fingerprint density at radius 2 is 2.10 bits per heavy atom. The van der Waals surface area contributed by atoms with E-state index in [4.69, 9.17) is 5.26 Å². The van der Waals surface area contributed by atoms with E-state index in [0.717, 1.165) is 0 Å². The van der Waals surface area contributed by atoms with E-state index in [1.807, 2.05) is 19.9 Å². The van der Waals surface area contributed by atoms with Gasteiger partial charge in [0.05, 0.1) is 23.7 Å². The number of rotatable bonds is 5. The van der Waals surface area contributed by atoms with Gasteiger partial charge in [0.2, 0.25) is 0 Å². The smallest absolute Gasteiger partial charge is 0.337 e. The van der Waals surface area contributed by atoms with Crippen molar-refractivity contribution in [2.45, 2.75) is 33.2 Å². The highest BCUT2D eigenvalue weighted by molar-refractivity contribution is 6.01. The minimum absolute atomic E-state index is 0.0485. The molecule has 1 aromatic carbocycles. The highest BCUT2D eigenvalue weighted by Gasteiger charge is 2.20. The van der Waals surface area contributed by atoms with Crippen LogP contribution in [0, 0.1) is 18.3 Å². The third-order valence-electron chi connectivity index (χ3n) is 3.08. The van der Waals surface area contributed by atoms with Gasteiger partial charge in [-0.3, -0.25) is 0 Å². The predicted molar refractivity (Wildman–Crippen MR) is 79.2 cm³/mol. The molecule has 1 aromatic rings. The molecule has 2 N–H and O–H groups in total. The molecule has 0 radical (unpaired) electrons. The number of nitriles is 1. The van der Waals surface area contributed by atoms with E-state index in [2.05, 4.69) is 5.32 Å². The fourth-order valence-electron chi connectivity index (χ4n) is 1.96. The maximum absolute atomic E-state index is 12.3. The van der Waals surface area contributed by atoms with Gasteiger partial charge in [0.1, 0.15) is 0 Å². The van der Waals surface area contributed by atoms with Crippen molar-refractivity contribution in [3.05, 3.63) is 29.3 Å². The summed E-state index contributed by atoms with van der Waals surface area (Å²) in [6.07, 6.45) is 0.227. The highest BCUT2D eigenvalue weighted by Crippen LogP contribution is 2.21. The lowest BCUT2D eigenvalue weighted by atomic mass is 10.1. The van der Waals surface area contributed by atoms with Crippen LogP contribution in [0.3, 0.4) is 0 Å². The van der Waals surface area contributed by atoms with Crippen molar-refractivity contribution >= 4 is 17.7 Å². The summed E-state index contributed by atoms with van der Waals surface area (Å²) >= 11 is 0. The van der Waals surface area contributed by atoms with Gasteiger partial charge < -0.3 is 15.3 Å². The Labute approximate surface area is 124 Å². The molecule has 6 nitrogen and oxygen atoms in total. The number of anilines is 1. The average Bonchev–Trinajstić information content (AvgIpc) is 2.40. The molecule has 0 heterocycles. The molecule has 0 aromatic heterocycles. The first-order chi connectivity index (χ1) is 9.88. The van der Waals surface area contributed by atoms with E-state index in [0.29, 0.717) is 12.1 Å². The van der Waals surface area contributed by atoms with E-state index in [9.17, 15) is 14.7 Å². The number of carboxylic acids is 1. The fourth-order valence-corrected chi connectivity index (χ4v) is 1.96. The second-order valence-electron chi connectivity index (χ2n) is 4.93. The van der Waals surface area contributed by atoms with E-state index in [1.165, 1.54) is 11.0 Å². The second-order valence-corrected chi connectivity index (χ2v) is 4.93. The largest absolute Gasteiger partial charge is 0.478 e. The number of amides is 2. The molecular weight excluding hydrogens is 270 g/mol. The van der Waals surface area contributed by atoms with E-state index >= 15 is 0 Å². The molecule has 6 heteroatoms. The number of hydrogen-bond donors (Lipinski definition) is 2. The fraction of sp³-hybridized carbons (Fsp3) is 0.400. The van der Waals surface area contributed by atoms with Gasteiger partial charge in [-0.25, -0.2) is 9.59 Å². The summed E-state index contributed by atoms with van der Waals surface area (Å²) in [5, 5.41) is 20.5. The molecule has 0 atom stereocenters. The molecule has 2 amide bonds. The van der Waals surface area contributed by atoms with Crippen molar-refractivity contribution in [2.75, 3.05) is 11.9 Å². The first-order valence-corrected chi connectivity index (χ1v) is 6.66. The maximum Gasteiger partial charge on any atom is 0.337 e. The first kappa shape index (κ1) is 16.5. The third kappa shape index (κ3) is 4.21. The van der Waals surface area contributed by atoms with Crippen LogP contribution in [0.15, 0.2) is 18.2 Å². The van der Waals surface area contributed by atoms with Crippen molar-refractivity contribution < 1.29 is 14.7 Å². The van der Waals surface area contributed by atoms with Gasteiger partial charge in [-0.1, -0.05) is 12.1 Å². The number of para-hydroxylation sites is 1. The lowest BCUT2D eigenvalue weighted by Gasteiger charge is -2.26. The zero-order valence-electron chi connectivity index (χ0n) is 12.4. The minimum Gasteiger partial charge on any atom is -0.478 e. The van der Waals surface area contributed by atoms with Crippen LogP contribution in [0.5, 0.6) is 0 Å². The van der Waals surface area contributed by atoms with E-state index in [1.54, 1.807) is 19.1 Å². The van der Waals surface area contributed by atoms with E-state index in [-0.39, 0.29) is 23.7 Å². The molecule has 21 heavy (non-hydrogen) atoms. The van der Waals surface area contributed by atoms with Gasteiger partial charge in [0, 0.05) is 12.6 Å². The van der Waals surface area contributed by atoms with Crippen LogP contribution in [-0.4, -0.2) is 34.6 Å². The molecular formula is C15H19N3O3. The molecule has 0 fully saturated rings. The van der Waals surface area contributed by atoms with Gasteiger partial charge in [0.25, 0.3) is 0 Å². The van der Waals surface area contributed by atoms with Crippen LogP contribution in [0.1, 0.15) is 36.2 Å². The summed E-state index contributed by atoms with van der Waals surface area (Å²) < 4.78 is 0. The highest BCUT2D eigenvalue weighted by atomic mass is 16.4. The topological polar surface area (TPSA) is 93.4 Å². The summed E-state index contributed by atoms with van der Waals surface area (Å²) in [6, 6.07) is 6.31. The number of nitrogens with zero attached hydrogens (tertiary/aromatic N) is 2. The Kier molecular flexibility index (Phi) is 5.73. The van der Waals surface area contributed by atoms with Gasteiger partial charge >= 0.3 is 12.0 Å². The van der Waals surface area contributed by atoms with Crippen molar-refractivity contribution in [1.29, 1.82) is 5.26 Å². The second kappa shape index (κ2) is 7.29. The molecule has 0 saturated heterocycles. The number of aromatic carboxylic acids is 1. The zero-order chi connectivity index (χ0) is 16.0. The van der Waals surface area contributed by atoms with Crippen LogP contribution in [-0.2, 0) is 0 Å². The lowest BCUT2D eigenvalue weighted by Crippen LogP contribution is -2.41. The number of benzene rings is 1. The standard InChI is InChI=1S/C15H19N3O3/c1-10(2)18(9-5-8-16)15(21)17-13-11(3)6-4-7-12(13)14(19)20/h4,6-7,10H,5,9H2,1-3H3,(H,17,21)(H,19,20). The Bertz CT molecular complexity index is 576. The maximum atomic E-state index is 12.3. The van der Waals surface area contributed by atoms with Gasteiger partial charge in [-0.2, -0.15) is 5.26 Å². The molecule has 0 aliphatic carbocycles. The van der Waals surface area contributed by atoms with Crippen LogP contribution in [0.2, 0.25) is 0 Å². The monoisotopic (exact) mass is 289 g/mol. The number of carboxylic acid groups (broad SMARTS) is 1. The molecule has 0 spiro atoms. The molecule has 112 valence electrons. The third-order valence-corrected chi connectivity index (χ3v) is 3.08. The molecule has 0 bridgehead atoms. The molecule has 0 aliphatic rings. The normalized spacial score (nSPS) is 10.0. The SMILES string of the molecule is Cc1cccc(C(=O)O)c1NC(=O)N(CCC#N)C(C)C. The Morgan fingerprint density at radius 3 is 2.62 bits per heavy atom. The summed E-state index contributed by atoms with van der Waals surface area (Å²) in [5.74, 6) is -1.10. The Balaban J connectivity index is 3.01. The van der Waals surface area contributed by atoms with Crippen LogP contribution in [0.25, 0.3) is 0 Å². The van der Waals surface area contributed by atoms with Gasteiger partial charge in [0.15, 0.2) is 0 Å². The number of hydrogen-bond acceptors (Lipinski definition) is 3. The van der Waals surface area contributed by atoms with Crippen LogP contribution in [0.4, 0.5) is 10.5 Å². The summed E-state index contributed by atoms with van der Waals surface area (Å²) in [4.78, 5) is 25.0. The van der Waals surface area contributed by atoms with Crippen LogP contribution < -0.4 is 5.32 Å². The number of nitrogens with one attached hydrogen (secondary N) is 1. The van der Waals surface area contributed by atoms with Crippen molar-refractivity contribution in [1.82, 2.24) is 4.90 Å². The number of urea groups is 1. The Morgan fingerprint density at radius 1 is 1.43 bits per heavy atom. The molecule has 1 rings (SSSR count). The number of carbonyl (C=O) groups excluding carboxylic acids is 1. The Hall–Kier alpha value is -2.55. The zero-order valence-corrected chi connectivity index (χ0v) is 12.4. The number of carbonyl (C=O) groups is 2. The summed E-state index contributed by atoms with van der Waals surface area (Å²) in [6.45, 7) is 5.71. The molecule has 0 saturated carbocycles. The first-order valence-electron chi connectivity index (χ1n) is 6.66. The number of aryl methyl sites for hydroxylation is 1. The quantitative estimate of drug-likeness (QED) is 0.871. The lowest BCUT2D eigenvalue weighted by molar-refractivity contribution is 0.0698. The van der Waals surface area contributed by atoms with Gasteiger partial charge in [-0.15, -0.1) is 0 Å². The summed E-state index contributed by atoms with van der Waals surface area (Å²) in [7, 11) is 0. The molecule has 0 unspecified atom stereocenters. The van der Waals surface area contributed by atoms with E-state index < -0.39 is 12.0 Å². The van der Waals surface area contributed by atoms with Crippen molar-refractivity contribution in [2.24, 2.45) is 0 Å². The van der Waals surface area contributed by atoms with Crippen molar-refractivity contribution in [3.8, 4) is 6.07 Å². The van der Waals surface area contributed by atoms with Crippen LogP contribution >= 0.6 is 0 Å². The van der Waals surface area contributed by atoms with Crippen molar-refractivity contribution in [3.63, 3.8) is 0 Å². The minimum atomic E-state index is -1.10. The predicted octanol–water partition coefficient (Wildman–Crippen LogP) is 2.85. The average molecular weight is 289 g/mol. The van der Waals surface area contributed by atoms with Gasteiger partial charge in [-0.05, 0) is 32.4 Å².